The molecule has 0 radical (unpaired) electrons. The summed E-state index contributed by atoms with van der Waals surface area (Å²) in [7, 11) is 0. The molecule has 0 aliphatic carbocycles. The molecule has 0 aromatic carbocycles. The molecule has 0 saturated heterocycles. The van der Waals surface area contributed by atoms with Crippen LogP contribution in [0.2, 0.25) is 0 Å². The van der Waals surface area contributed by atoms with Crippen LogP contribution in [-0.2, 0) is 4.74 Å². The van der Waals surface area contributed by atoms with E-state index < -0.39 is 0 Å². The van der Waals surface area contributed by atoms with Gasteiger partial charge in [0.2, 0.25) is 0 Å². The summed E-state index contributed by atoms with van der Waals surface area (Å²) in [5.74, 6) is 0. The number of allylic oxidation sites excluding steroid dienone is 2. The van der Waals surface area contributed by atoms with Gasteiger partial charge in [-0.2, -0.15) is 0 Å². The summed E-state index contributed by atoms with van der Waals surface area (Å²) in [5.41, 5.74) is 1.07. The normalized spacial score (nSPS) is 11.1. The molecule has 0 aliphatic heterocycles. The van der Waals surface area contributed by atoms with Gasteiger partial charge in [0.05, 0.1) is 6.61 Å². The zero-order valence-electron chi connectivity index (χ0n) is 6.47. The van der Waals surface area contributed by atoms with Crippen LogP contribution in [0.4, 0.5) is 0 Å². The highest BCUT2D eigenvalue weighted by Crippen LogP contribution is 1.96. The lowest BCUT2D eigenvalue weighted by Crippen LogP contribution is -1.94. The van der Waals surface area contributed by atoms with Gasteiger partial charge in [-0.05, 0) is 12.5 Å². The first-order valence-corrected chi connectivity index (χ1v) is 3.37. The third-order valence-corrected chi connectivity index (χ3v) is 1.07. The first kappa shape index (κ1) is 9.18. The summed E-state index contributed by atoms with van der Waals surface area (Å²) >= 11 is 0. The molecule has 1 heteroatoms. The summed E-state index contributed by atoms with van der Waals surface area (Å²) < 4.78 is 5.15. The third-order valence-electron chi connectivity index (χ3n) is 1.07. The highest BCUT2D eigenvalue weighted by Gasteiger charge is 1.86. The van der Waals surface area contributed by atoms with E-state index in [1.165, 1.54) is 0 Å². The zero-order chi connectivity index (χ0) is 7.82. The Hall–Kier alpha value is -0.820. The minimum atomic E-state index is 0.631. The first-order valence-electron chi connectivity index (χ1n) is 3.37. The van der Waals surface area contributed by atoms with Gasteiger partial charge < -0.3 is 4.74 Å². The van der Waals surface area contributed by atoms with Gasteiger partial charge in [-0.15, -0.1) is 0 Å². The average Bonchev–Trinajstić information content (AvgIpc) is 1.98. The van der Waals surface area contributed by atoms with E-state index in [1.807, 2.05) is 13.0 Å². The Bertz CT molecular complexity index is 134. The van der Waals surface area contributed by atoms with Crippen LogP contribution in [-0.4, -0.2) is 13.2 Å². The van der Waals surface area contributed by atoms with Crippen molar-refractivity contribution in [2.75, 3.05) is 13.2 Å². The monoisotopic (exact) mass is 138 g/mol. The highest BCUT2D eigenvalue weighted by molar-refractivity contribution is 5.21. The quantitative estimate of drug-likeness (QED) is 0.530. The molecule has 0 unspecified atom stereocenters. The van der Waals surface area contributed by atoms with Crippen LogP contribution in [0.5, 0.6) is 0 Å². The molecule has 0 rings (SSSR count). The second-order valence-electron chi connectivity index (χ2n) is 1.82. The topological polar surface area (TPSA) is 9.23 Å². The van der Waals surface area contributed by atoms with E-state index in [0.29, 0.717) is 6.61 Å². The van der Waals surface area contributed by atoms with Crippen molar-refractivity contribution in [2.45, 2.75) is 6.92 Å². The zero-order valence-corrected chi connectivity index (χ0v) is 6.47. The van der Waals surface area contributed by atoms with E-state index in [0.717, 1.165) is 12.2 Å². The average molecular weight is 138 g/mol. The van der Waals surface area contributed by atoms with Crippen molar-refractivity contribution in [3.8, 4) is 0 Å². The molecule has 0 atom stereocenters. The fraction of sp³-hybridized carbons (Fsp3) is 0.333. The number of rotatable bonds is 5. The molecular formula is C9H14O. The van der Waals surface area contributed by atoms with Crippen molar-refractivity contribution in [1.29, 1.82) is 0 Å². The molecule has 56 valence electrons. The fourth-order valence-electron chi connectivity index (χ4n) is 0.546. The predicted molar refractivity (Wildman–Crippen MR) is 45.0 cm³/mol. The van der Waals surface area contributed by atoms with Crippen molar-refractivity contribution in [3.63, 3.8) is 0 Å². The largest absolute Gasteiger partial charge is 0.377 e. The maximum absolute atomic E-state index is 5.15. The van der Waals surface area contributed by atoms with Crippen LogP contribution in [0.15, 0.2) is 37.0 Å². The first-order chi connectivity index (χ1) is 4.85. The highest BCUT2D eigenvalue weighted by atomic mass is 16.5. The Labute approximate surface area is 62.7 Å². The van der Waals surface area contributed by atoms with E-state index in [-0.39, 0.29) is 0 Å². The summed E-state index contributed by atoms with van der Waals surface area (Å²) in [6.45, 7) is 10.5. The number of hydrogen-bond acceptors (Lipinski definition) is 1. The molecule has 0 saturated carbocycles. The Morgan fingerprint density at radius 3 is 2.60 bits per heavy atom. The fourth-order valence-corrected chi connectivity index (χ4v) is 0.546. The van der Waals surface area contributed by atoms with Crippen molar-refractivity contribution in [3.05, 3.63) is 37.0 Å². The van der Waals surface area contributed by atoms with Crippen LogP contribution >= 0.6 is 0 Å². The molecule has 0 fully saturated rings. The number of hydrogen-bond donors (Lipinski definition) is 0. The van der Waals surface area contributed by atoms with E-state index in [2.05, 4.69) is 13.2 Å². The molecule has 0 heterocycles. The minimum absolute atomic E-state index is 0.631. The van der Waals surface area contributed by atoms with Gasteiger partial charge >= 0.3 is 0 Å². The predicted octanol–water partition coefficient (Wildman–Crippen LogP) is 2.32. The summed E-state index contributed by atoms with van der Waals surface area (Å²) in [6.07, 6.45) is 5.40. The lowest BCUT2D eigenvalue weighted by molar-refractivity contribution is 0.173. The van der Waals surface area contributed by atoms with Gasteiger partial charge in [-0.25, -0.2) is 0 Å². The summed E-state index contributed by atoms with van der Waals surface area (Å²) in [6, 6.07) is 0. The van der Waals surface area contributed by atoms with Crippen LogP contribution < -0.4 is 0 Å². The Kier molecular flexibility index (Phi) is 5.79. The molecule has 0 spiro atoms. The lowest BCUT2D eigenvalue weighted by Gasteiger charge is -1.99. The second kappa shape index (κ2) is 6.30. The Morgan fingerprint density at radius 1 is 1.50 bits per heavy atom. The van der Waals surface area contributed by atoms with Crippen LogP contribution in [0, 0.1) is 0 Å². The Balaban J connectivity index is 3.70. The van der Waals surface area contributed by atoms with Gasteiger partial charge in [0.15, 0.2) is 0 Å². The van der Waals surface area contributed by atoms with Crippen LogP contribution in [0.3, 0.4) is 0 Å². The van der Waals surface area contributed by atoms with E-state index in [9.17, 15) is 0 Å². The third kappa shape index (κ3) is 4.10. The lowest BCUT2D eigenvalue weighted by atomic mass is 10.2. The van der Waals surface area contributed by atoms with Crippen LogP contribution in [0.25, 0.3) is 0 Å². The minimum Gasteiger partial charge on any atom is -0.377 e. The van der Waals surface area contributed by atoms with Crippen molar-refractivity contribution < 1.29 is 4.74 Å². The second-order valence-corrected chi connectivity index (χ2v) is 1.82. The molecule has 0 aliphatic rings. The molecule has 0 aromatic rings. The van der Waals surface area contributed by atoms with Crippen LogP contribution in [0.1, 0.15) is 6.92 Å². The van der Waals surface area contributed by atoms with Gasteiger partial charge in [0.25, 0.3) is 0 Å². The molecule has 0 aromatic heterocycles. The summed E-state index contributed by atoms with van der Waals surface area (Å²) in [5, 5.41) is 0. The maximum atomic E-state index is 5.15. The Morgan fingerprint density at radius 2 is 2.20 bits per heavy atom. The van der Waals surface area contributed by atoms with E-state index in [1.54, 1.807) is 12.2 Å². The van der Waals surface area contributed by atoms with Gasteiger partial charge in [-0.3, -0.25) is 0 Å². The van der Waals surface area contributed by atoms with Crippen molar-refractivity contribution in [1.82, 2.24) is 0 Å². The number of ether oxygens (including phenoxy) is 1. The standard InChI is InChI=1S/C9H14O/c1-4-7-9(5-2)8-10-6-3/h4-5,7H,1-2,6,8H2,3H3/b9-7+. The molecule has 0 amide bonds. The molecule has 0 bridgehead atoms. The molecular weight excluding hydrogens is 124 g/mol. The van der Waals surface area contributed by atoms with Gasteiger partial charge in [-0.1, -0.05) is 31.4 Å². The maximum Gasteiger partial charge on any atom is 0.0716 e. The molecule has 1 nitrogen and oxygen atoms in total. The molecule has 10 heavy (non-hydrogen) atoms. The van der Waals surface area contributed by atoms with Gasteiger partial charge in [0, 0.05) is 6.61 Å². The van der Waals surface area contributed by atoms with Gasteiger partial charge in [0.1, 0.15) is 0 Å². The van der Waals surface area contributed by atoms with E-state index >= 15 is 0 Å². The molecule has 0 N–H and O–H groups in total. The van der Waals surface area contributed by atoms with Crippen molar-refractivity contribution >= 4 is 0 Å². The van der Waals surface area contributed by atoms with Crippen molar-refractivity contribution in [2.24, 2.45) is 0 Å². The van der Waals surface area contributed by atoms with E-state index in [4.69, 9.17) is 4.74 Å². The smallest absolute Gasteiger partial charge is 0.0716 e. The SMILES string of the molecule is C=C/C=C(\C=C)COCC. The summed E-state index contributed by atoms with van der Waals surface area (Å²) in [4.78, 5) is 0.